The van der Waals surface area contributed by atoms with Gasteiger partial charge in [0.2, 0.25) is 5.88 Å². The van der Waals surface area contributed by atoms with Gasteiger partial charge in [-0.2, -0.15) is 0 Å². The number of hydrogen-bond donors (Lipinski definition) is 0. The Balaban J connectivity index is 1.50. The van der Waals surface area contributed by atoms with Gasteiger partial charge < -0.3 is 9.64 Å². The maximum Gasteiger partial charge on any atom is 0.254 e. The number of benzene rings is 1. The van der Waals surface area contributed by atoms with Gasteiger partial charge in [0.1, 0.15) is 5.82 Å². The van der Waals surface area contributed by atoms with E-state index >= 15 is 0 Å². The highest BCUT2D eigenvalue weighted by Gasteiger charge is 2.31. The number of likely N-dealkylation sites (tertiary alicyclic amines) is 1. The minimum Gasteiger partial charge on any atom is -0.477 e. The van der Waals surface area contributed by atoms with Gasteiger partial charge in [-0.25, -0.2) is 14.4 Å². The minimum absolute atomic E-state index is 0.0267. The monoisotopic (exact) mass is 425 g/mol. The Kier molecular flexibility index (Phi) is 6.08. The lowest BCUT2D eigenvalue weighted by molar-refractivity contribution is 0.0503. The smallest absolute Gasteiger partial charge is 0.254 e. The molecule has 4 rings (SSSR count). The van der Waals surface area contributed by atoms with Crippen LogP contribution in [0.3, 0.4) is 0 Å². The summed E-state index contributed by atoms with van der Waals surface area (Å²) in [5, 5.41) is 1.97. The third-order valence-corrected chi connectivity index (χ3v) is 6.11. The van der Waals surface area contributed by atoms with Gasteiger partial charge in [-0.1, -0.05) is 17.7 Å². The van der Waals surface area contributed by atoms with Gasteiger partial charge in [0.05, 0.1) is 24.0 Å². The van der Waals surface area contributed by atoms with Gasteiger partial charge in [0.25, 0.3) is 5.91 Å². The summed E-state index contributed by atoms with van der Waals surface area (Å²) in [6, 6.07) is 8.95. The van der Waals surface area contributed by atoms with Gasteiger partial charge >= 0.3 is 0 Å². The van der Waals surface area contributed by atoms with Crippen molar-refractivity contribution in [1.82, 2.24) is 14.9 Å². The second kappa shape index (κ2) is 8.92. The van der Waals surface area contributed by atoms with Gasteiger partial charge in [0, 0.05) is 41.1 Å². The molecule has 156 valence electrons. The molecule has 0 saturated carbocycles. The van der Waals surface area contributed by atoms with Crippen LogP contribution >= 0.6 is 11.3 Å². The zero-order chi connectivity index (χ0) is 21.1. The number of pyridine rings is 1. The maximum atomic E-state index is 13.5. The number of aromatic nitrogens is 2. The number of carbonyl (C=O) groups is 1. The first-order valence-corrected chi connectivity index (χ1v) is 11.0. The third kappa shape index (κ3) is 4.51. The molecular weight excluding hydrogens is 401 g/mol. The number of amides is 1. The normalized spacial score (nSPS) is 19.0. The number of halogens is 1. The van der Waals surface area contributed by atoms with Crippen LogP contribution in [-0.4, -0.2) is 40.0 Å². The molecule has 1 saturated heterocycles. The van der Waals surface area contributed by atoms with Crippen LogP contribution in [0.15, 0.2) is 47.4 Å². The molecule has 2 aromatic heterocycles. The number of carbonyl (C=O) groups excluding carboxylic acids is 1. The van der Waals surface area contributed by atoms with E-state index in [4.69, 9.17) is 4.74 Å². The summed E-state index contributed by atoms with van der Waals surface area (Å²) < 4.78 is 18.8. The van der Waals surface area contributed by atoms with Crippen molar-refractivity contribution in [1.29, 1.82) is 0 Å². The van der Waals surface area contributed by atoms with Crippen molar-refractivity contribution in [3.05, 3.63) is 64.4 Å². The zero-order valence-corrected chi connectivity index (χ0v) is 17.9. The van der Waals surface area contributed by atoms with Crippen LogP contribution in [0.1, 0.15) is 35.7 Å². The highest BCUT2D eigenvalue weighted by molar-refractivity contribution is 7.07. The predicted octanol–water partition coefficient (Wildman–Crippen LogP) is 4.97. The Bertz CT molecular complexity index is 1010. The molecular formula is C23H24FN3O2S. The average Bonchev–Trinajstić information content (AvgIpc) is 3.28. The minimum atomic E-state index is -0.389. The standard InChI is InChI=1S/C23H24FN3O2S/c1-15-3-7-19(21-13-30-14-26-21)20(9-15)23(28)27-11-17(5-4-16(27)2)12-29-22-8-6-18(24)10-25-22/h3,6-10,13-14,16-17H,4-5,11-12H2,1-2H3/t16-,17-/m1/s1. The molecule has 30 heavy (non-hydrogen) atoms. The van der Waals surface area contributed by atoms with E-state index in [1.807, 2.05) is 35.4 Å². The Morgan fingerprint density at radius 3 is 2.87 bits per heavy atom. The fraction of sp³-hybridized carbons (Fsp3) is 0.348. The largest absolute Gasteiger partial charge is 0.477 e. The Morgan fingerprint density at radius 2 is 2.13 bits per heavy atom. The molecule has 3 heterocycles. The maximum absolute atomic E-state index is 13.5. The lowest BCUT2D eigenvalue weighted by Gasteiger charge is -2.38. The highest BCUT2D eigenvalue weighted by Crippen LogP contribution is 2.29. The fourth-order valence-corrected chi connectivity index (χ4v) is 4.36. The average molecular weight is 426 g/mol. The number of hydrogen-bond acceptors (Lipinski definition) is 5. The van der Waals surface area contributed by atoms with E-state index < -0.39 is 0 Å². The number of thiazole rings is 1. The zero-order valence-electron chi connectivity index (χ0n) is 17.0. The molecule has 0 aliphatic carbocycles. The molecule has 1 aliphatic heterocycles. The lowest BCUT2D eigenvalue weighted by atomic mass is 9.92. The number of aryl methyl sites for hydroxylation is 1. The van der Waals surface area contributed by atoms with Crippen LogP contribution in [0, 0.1) is 18.7 Å². The van der Waals surface area contributed by atoms with Gasteiger partial charge in [-0.05, 0) is 38.8 Å². The number of rotatable bonds is 5. The summed E-state index contributed by atoms with van der Waals surface area (Å²) >= 11 is 1.52. The molecule has 7 heteroatoms. The van der Waals surface area contributed by atoms with E-state index in [0.29, 0.717) is 24.6 Å². The van der Waals surface area contributed by atoms with Crippen molar-refractivity contribution in [3.63, 3.8) is 0 Å². The molecule has 3 aromatic rings. The molecule has 5 nitrogen and oxygen atoms in total. The molecule has 0 N–H and O–H groups in total. The summed E-state index contributed by atoms with van der Waals surface area (Å²) in [4.78, 5) is 23.8. The summed E-state index contributed by atoms with van der Waals surface area (Å²) in [7, 11) is 0. The predicted molar refractivity (Wildman–Crippen MR) is 115 cm³/mol. The summed E-state index contributed by atoms with van der Waals surface area (Å²) in [6.07, 6.45) is 3.03. The van der Waals surface area contributed by atoms with Crippen molar-refractivity contribution in [2.75, 3.05) is 13.2 Å². The first kappa shape index (κ1) is 20.5. The summed E-state index contributed by atoms with van der Waals surface area (Å²) in [5.74, 6) is 0.237. The van der Waals surface area contributed by atoms with E-state index in [-0.39, 0.29) is 23.7 Å². The Hall–Kier alpha value is -2.80. The highest BCUT2D eigenvalue weighted by atomic mass is 32.1. The van der Waals surface area contributed by atoms with Gasteiger partial charge in [-0.15, -0.1) is 11.3 Å². The summed E-state index contributed by atoms with van der Waals surface area (Å²) in [6.45, 7) is 5.15. The van der Waals surface area contributed by atoms with E-state index in [2.05, 4.69) is 16.9 Å². The van der Waals surface area contributed by atoms with Crippen LogP contribution in [0.4, 0.5) is 4.39 Å². The van der Waals surface area contributed by atoms with E-state index in [1.165, 1.54) is 23.5 Å². The number of ether oxygens (including phenoxy) is 1. The molecule has 2 atom stereocenters. The van der Waals surface area contributed by atoms with Crippen LogP contribution in [0.5, 0.6) is 5.88 Å². The van der Waals surface area contributed by atoms with Crippen LogP contribution in [0.25, 0.3) is 11.3 Å². The Morgan fingerprint density at radius 1 is 1.27 bits per heavy atom. The molecule has 0 radical (unpaired) electrons. The quantitative estimate of drug-likeness (QED) is 0.579. The van der Waals surface area contributed by atoms with Gasteiger partial charge in [0.15, 0.2) is 0 Å². The van der Waals surface area contributed by atoms with Crippen LogP contribution in [-0.2, 0) is 0 Å². The number of nitrogens with zero attached hydrogens (tertiary/aromatic N) is 3. The van der Waals surface area contributed by atoms with E-state index in [1.54, 1.807) is 5.51 Å². The number of piperidine rings is 1. The lowest BCUT2D eigenvalue weighted by Crippen LogP contribution is -2.47. The first-order valence-electron chi connectivity index (χ1n) is 10.1. The second-order valence-corrected chi connectivity index (χ2v) is 8.52. The molecule has 1 aliphatic rings. The van der Waals surface area contributed by atoms with Crippen molar-refractivity contribution in [2.24, 2.45) is 5.92 Å². The van der Waals surface area contributed by atoms with E-state index in [9.17, 15) is 9.18 Å². The van der Waals surface area contributed by atoms with Gasteiger partial charge in [-0.3, -0.25) is 4.79 Å². The SMILES string of the molecule is Cc1ccc(-c2cscn2)c(C(=O)N2C[C@H](COc3ccc(F)cn3)CC[C@H]2C)c1. The van der Waals surface area contributed by atoms with Crippen molar-refractivity contribution >= 4 is 17.2 Å². The Labute approximate surface area is 179 Å². The summed E-state index contributed by atoms with van der Waals surface area (Å²) in [5.41, 5.74) is 5.21. The molecule has 0 spiro atoms. The third-order valence-electron chi connectivity index (χ3n) is 5.52. The van der Waals surface area contributed by atoms with Crippen molar-refractivity contribution in [2.45, 2.75) is 32.7 Å². The van der Waals surface area contributed by atoms with Crippen LogP contribution in [0.2, 0.25) is 0 Å². The van der Waals surface area contributed by atoms with E-state index in [0.717, 1.165) is 35.9 Å². The van der Waals surface area contributed by atoms with Crippen LogP contribution < -0.4 is 4.74 Å². The topological polar surface area (TPSA) is 55.3 Å². The molecule has 1 aromatic carbocycles. The van der Waals surface area contributed by atoms with Crippen molar-refractivity contribution in [3.8, 4) is 17.1 Å². The van der Waals surface area contributed by atoms with Crippen molar-refractivity contribution < 1.29 is 13.9 Å². The second-order valence-electron chi connectivity index (χ2n) is 7.80. The molecule has 0 bridgehead atoms. The fourth-order valence-electron chi connectivity index (χ4n) is 3.81. The molecule has 1 amide bonds. The first-order chi connectivity index (χ1) is 14.5. The molecule has 0 unspecified atom stereocenters. The molecule has 1 fully saturated rings.